The summed E-state index contributed by atoms with van der Waals surface area (Å²) in [5.74, 6) is -0.928. The molecule has 1 fully saturated rings. The Balaban J connectivity index is 0.00000289. The predicted molar refractivity (Wildman–Crippen MR) is 69.0 cm³/mol. The molecular weight excluding hydrogens is 289 g/mol. The maximum atomic E-state index is 12.0. The number of rotatable bonds is 5. The topological polar surface area (TPSA) is 32.3 Å². The van der Waals surface area contributed by atoms with Crippen LogP contribution in [0.2, 0.25) is 0 Å². The van der Waals surface area contributed by atoms with E-state index in [1.165, 1.54) is 0 Å². The van der Waals surface area contributed by atoms with Gasteiger partial charge in [0.2, 0.25) is 5.91 Å². The molecule has 1 N–H and O–H groups in total. The zero-order valence-electron chi connectivity index (χ0n) is 10.1. The van der Waals surface area contributed by atoms with Gasteiger partial charge < -0.3 is 10.2 Å². The van der Waals surface area contributed by atoms with E-state index in [0.29, 0.717) is 13.1 Å². The van der Waals surface area contributed by atoms with Gasteiger partial charge in [-0.2, -0.15) is 13.2 Å². The summed E-state index contributed by atoms with van der Waals surface area (Å²) in [5.41, 5.74) is -4.33. The first-order valence-electron chi connectivity index (χ1n) is 5.65. The standard InChI is InChI=1S/C10H17F3N2OS.ClH/c1-2-5-15(8-3-4-14-6-8)9(16)7-17-10(11,12)13;/h8,14H,2-7H2,1H3;1H. The smallest absolute Gasteiger partial charge is 0.338 e. The van der Waals surface area contributed by atoms with Gasteiger partial charge in [-0.1, -0.05) is 6.92 Å². The van der Waals surface area contributed by atoms with Crippen LogP contribution in [-0.4, -0.2) is 47.7 Å². The Morgan fingerprint density at radius 3 is 2.61 bits per heavy atom. The van der Waals surface area contributed by atoms with Gasteiger partial charge in [0.05, 0.1) is 5.75 Å². The van der Waals surface area contributed by atoms with E-state index >= 15 is 0 Å². The van der Waals surface area contributed by atoms with E-state index in [1.807, 2.05) is 6.92 Å². The summed E-state index contributed by atoms with van der Waals surface area (Å²) in [6, 6.07) is 0.0521. The predicted octanol–water partition coefficient (Wildman–Crippen LogP) is 2.26. The fourth-order valence-corrected chi connectivity index (χ4v) is 2.34. The molecule has 1 aliphatic heterocycles. The number of carbonyl (C=O) groups excluding carboxylic acids is 1. The van der Waals surface area contributed by atoms with Crippen LogP contribution in [0.5, 0.6) is 0 Å². The van der Waals surface area contributed by atoms with Gasteiger partial charge in [0, 0.05) is 19.1 Å². The van der Waals surface area contributed by atoms with Gasteiger partial charge in [0.25, 0.3) is 0 Å². The second kappa shape index (κ2) is 8.12. The highest BCUT2D eigenvalue weighted by atomic mass is 35.5. The van der Waals surface area contributed by atoms with Crippen molar-refractivity contribution in [3.8, 4) is 0 Å². The Labute approximate surface area is 115 Å². The Hall–Kier alpha value is -0.140. The van der Waals surface area contributed by atoms with E-state index in [9.17, 15) is 18.0 Å². The minimum absolute atomic E-state index is 0. The van der Waals surface area contributed by atoms with Crippen LogP contribution in [0.4, 0.5) is 13.2 Å². The van der Waals surface area contributed by atoms with Crippen LogP contribution in [0.3, 0.4) is 0 Å². The van der Waals surface area contributed by atoms with Crippen molar-refractivity contribution in [2.75, 3.05) is 25.4 Å². The van der Waals surface area contributed by atoms with Crippen LogP contribution in [0.25, 0.3) is 0 Å². The van der Waals surface area contributed by atoms with Gasteiger partial charge in [-0.3, -0.25) is 4.79 Å². The number of hydrogen-bond donors (Lipinski definition) is 1. The average Bonchev–Trinajstić information content (AvgIpc) is 2.74. The first-order valence-corrected chi connectivity index (χ1v) is 6.63. The highest BCUT2D eigenvalue weighted by Crippen LogP contribution is 2.30. The molecule has 8 heteroatoms. The Kier molecular flexibility index (Phi) is 8.05. The van der Waals surface area contributed by atoms with E-state index in [1.54, 1.807) is 4.90 Å². The number of nitrogens with one attached hydrogen (secondary N) is 1. The van der Waals surface area contributed by atoms with Crippen LogP contribution in [0, 0.1) is 0 Å². The fraction of sp³-hybridized carbons (Fsp3) is 0.900. The van der Waals surface area contributed by atoms with E-state index in [2.05, 4.69) is 5.32 Å². The first kappa shape index (κ1) is 17.9. The number of amides is 1. The lowest BCUT2D eigenvalue weighted by atomic mass is 10.2. The Morgan fingerprint density at radius 1 is 1.50 bits per heavy atom. The monoisotopic (exact) mass is 306 g/mol. The van der Waals surface area contributed by atoms with Gasteiger partial charge in [-0.05, 0) is 31.1 Å². The van der Waals surface area contributed by atoms with Crippen molar-refractivity contribution < 1.29 is 18.0 Å². The largest absolute Gasteiger partial charge is 0.442 e. The molecule has 0 aromatic rings. The molecule has 0 aromatic carbocycles. The van der Waals surface area contributed by atoms with Crippen LogP contribution in [0.1, 0.15) is 19.8 Å². The van der Waals surface area contributed by atoms with Gasteiger partial charge in [0.15, 0.2) is 0 Å². The molecule has 1 rings (SSSR count). The zero-order valence-corrected chi connectivity index (χ0v) is 11.8. The minimum Gasteiger partial charge on any atom is -0.338 e. The lowest BCUT2D eigenvalue weighted by Crippen LogP contribution is -2.43. The number of thioether (sulfide) groups is 1. The lowest BCUT2D eigenvalue weighted by molar-refractivity contribution is -0.130. The van der Waals surface area contributed by atoms with Gasteiger partial charge in [-0.25, -0.2) is 0 Å². The maximum Gasteiger partial charge on any atom is 0.442 e. The van der Waals surface area contributed by atoms with E-state index in [-0.39, 0.29) is 30.2 Å². The molecule has 0 radical (unpaired) electrons. The van der Waals surface area contributed by atoms with Crippen molar-refractivity contribution in [2.24, 2.45) is 0 Å². The lowest BCUT2D eigenvalue weighted by Gasteiger charge is -2.28. The van der Waals surface area contributed by atoms with Crippen molar-refractivity contribution in [3.63, 3.8) is 0 Å². The molecule has 3 nitrogen and oxygen atoms in total. The van der Waals surface area contributed by atoms with Gasteiger partial charge in [0.1, 0.15) is 0 Å². The normalized spacial score (nSPS) is 19.4. The second-order valence-electron chi connectivity index (χ2n) is 3.97. The number of carbonyl (C=O) groups is 1. The quantitative estimate of drug-likeness (QED) is 0.845. The van der Waals surface area contributed by atoms with Crippen LogP contribution < -0.4 is 5.32 Å². The molecule has 1 unspecified atom stereocenters. The van der Waals surface area contributed by atoms with E-state index in [0.717, 1.165) is 19.4 Å². The summed E-state index contributed by atoms with van der Waals surface area (Å²) in [7, 11) is 0. The molecule has 1 saturated heterocycles. The molecule has 0 spiro atoms. The van der Waals surface area contributed by atoms with Crippen molar-refractivity contribution in [2.45, 2.75) is 31.3 Å². The number of halogens is 4. The number of nitrogens with zero attached hydrogens (tertiary/aromatic N) is 1. The average molecular weight is 307 g/mol. The maximum absolute atomic E-state index is 12.0. The Morgan fingerprint density at radius 2 is 2.17 bits per heavy atom. The summed E-state index contributed by atoms with van der Waals surface area (Å²) >= 11 is -0.257. The number of hydrogen-bond acceptors (Lipinski definition) is 3. The molecule has 1 heterocycles. The summed E-state index contributed by atoms with van der Waals surface area (Å²) in [6.07, 6.45) is 1.58. The molecule has 1 aliphatic rings. The molecule has 108 valence electrons. The van der Waals surface area contributed by atoms with E-state index in [4.69, 9.17) is 0 Å². The summed E-state index contributed by atoms with van der Waals surface area (Å²) in [6.45, 7) is 3.95. The summed E-state index contributed by atoms with van der Waals surface area (Å²) in [5, 5.41) is 3.12. The van der Waals surface area contributed by atoms with Crippen molar-refractivity contribution in [3.05, 3.63) is 0 Å². The van der Waals surface area contributed by atoms with Crippen LogP contribution in [0.15, 0.2) is 0 Å². The summed E-state index contributed by atoms with van der Waals surface area (Å²) in [4.78, 5) is 13.3. The van der Waals surface area contributed by atoms with E-state index < -0.39 is 17.2 Å². The third-order valence-electron chi connectivity index (χ3n) is 2.62. The number of alkyl halides is 3. The SMILES string of the molecule is CCCN(C(=O)CSC(F)(F)F)C1CCNC1.Cl. The van der Waals surface area contributed by atoms with Crippen molar-refractivity contribution in [1.29, 1.82) is 0 Å². The molecule has 18 heavy (non-hydrogen) atoms. The third-order valence-corrected chi connectivity index (χ3v) is 3.34. The highest BCUT2D eigenvalue weighted by molar-refractivity contribution is 8.00. The van der Waals surface area contributed by atoms with Crippen molar-refractivity contribution >= 4 is 30.1 Å². The molecular formula is C10H18ClF3N2OS. The molecule has 1 atom stereocenters. The fourth-order valence-electron chi connectivity index (χ4n) is 1.88. The van der Waals surface area contributed by atoms with Gasteiger partial charge in [-0.15, -0.1) is 12.4 Å². The summed E-state index contributed by atoms with van der Waals surface area (Å²) < 4.78 is 36.1. The first-order chi connectivity index (χ1) is 7.94. The van der Waals surface area contributed by atoms with Gasteiger partial charge >= 0.3 is 5.51 Å². The minimum atomic E-state index is -4.33. The molecule has 0 aliphatic carbocycles. The van der Waals surface area contributed by atoms with Crippen molar-refractivity contribution in [1.82, 2.24) is 10.2 Å². The molecule has 0 saturated carbocycles. The second-order valence-corrected chi connectivity index (χ2v) is 5.01. The molecule has 0 aromatic heterocycles. The highest BCUT2D eigenvalue weighted by Gasteiger charge is 2.32. The molecule has 1 amide bonds. The van der Waals surface area contributed by atoms with Crippen LogP contribution >= 0.6 is 24.2 Å². The van der Waals surface area contributed by atoms with Crippen LogP contribution in [-0.2, 0) is 4.79 Å². The zero-order chi connectivity index (χ0) is 12.9. The molecule has 0 bridgehead atoms. The Bertz CT molecular complexity index is 260. The third kappa shape index (κ3) is 6.15.